The monoisotopic (exact) mass is 240 g/mol. The maximum absolute atomic E-state index is 14.0. The molecule has 2 rings (SSSR count). The van der Waals surface area contributed by atoms with Crippen molar-refractivity contribution in [2.75, 3.05) is 0 Å². The fourth-order valence-corrected chi connectivity index (χ4v) is 2.46. The largest absolute Gasteiger partial charge is 0.206 e. The summed E-state index contributed by atoms with van der Waals surface area (Å²) in [6, 6.07) is 5.71. The van der Waals surface area contributed by atoms with Crippen molar-refractivity contribution in [3.8, 4) is 12.3 Å². The van der Waals surface area contributed by atoms with Gasteiger partial charge in [0.25, 0.3) is 0 Å². The van der Waals surface area contributed by atoms with Gasteiger partial charge in [0, 0.05) is 5.39 Å². The van der Waals surface area contributed by atoms with E-state index in [4.69, 9.17) is 6.42 Å². The summed E-state index contributed by atoms with van der Waals surface area (Å²) in [5.41, 5.74) is 3.64. The number of hydrogen-bond donors (Lipinski definition) is 0. The first-order valence-corrected chi connectivity index (χ1v) is 6.15. The minimum Gasteiger partial charge on any atom is -0.206 e. The molecule has 0 saturated heterocycles. The molecule has 18 heavy (non-hydrogen) atoms. The Bertz CT molecular complexity index is 658. The maximum atomic E-state index is 14.0. The van der Waals surface area contributed by atoms with E-state index in [0.717, 1.165) is 21.9 Å². The summed E-state index contributed by atoms with van der Waals surface area (Å²) in [6.45, 7) is 8.20. The molecule has 0 nitrogen and oxygen atoms in total. The van der Waals surface area contributed by atoms with Crippen molar-refractivity contribution in [2.24, 2.45) is 0 Å². The zero-order valence-electron chi connectivity index (χ0n) is 11.3. The van der Waals surface area contributed by atoms with Gasteiger partial charge in [-0.2, -0.15) is 0 Å². The summed E-state index contributed by atoms with van der Waals surface area (Å²) in [4.78, 5) is 0. The molecule has 0 spiro atoms. The molecule has 0 saturated carbocycles. The van der Waals surface area contributed by atoms with Gasteiger partial charge in [0.2, 0.25) is 0 Å². The Morgan fingerprint density at radius 3 is 2.39 bits per heavy atom. The molecule has 0 bridgehead atoms. The van der Waals surface area contributed by atoms with Crippen molar-refractivity contribution in [1.29, 1.82) is 0 Å². The number of terminal acetylenes is 1. The van der Waals surface area contributed by atoms with Gasteiger partial charge in [-0.05, 0) is 42.3 Å². The normalized spacial score (nSPS) is 10.9. The van der Waals surface area contributed by atoms with E-state index in [1.165, 1.54) is 11.6 Å². The van der Waals surface area contributed by atoms with Crippen LogP contribution in [-0.4, -0.2) is 0 Å². The summed E-state index contributed by atoms with van der Waals surface area (Å²) >= 11 is 0. The van der Waals surface area contributed by atoms with E-state index in [1.54, 1.807) is 0 Å². The lowest BCUT2D eigenvalue weighted by Crippen LogP contribution is -1.98. The fourth-order valence-electron chi connectivity index (χ4n) is 2.46. The Hall–Kier alpha value is -1.81. The third-order valence-electron chi connectivity index (χ3n) is 3.34. The van der Waals surface area contributed by atoms with Crippen LogP contribution in [0.2, 0.25) is 0 Å². The van der Waals surface area contributed by atoms with E-state index >= 15 is 0 Å². The molecule has 0 radical (unpaired) electrons. The van der Waals surface area contributed by atoms with Crippen LogP contribution in [0.3, 0.4) is 0 Å². The lowest BCUT2D eigenvalue weighted by Gasteiger charge is -2.15. The van der Waals surface area contributed by atoms with E-state index in [0.29, 0.717) is 11.5 Å². The van der Waals surface area contributed by atoms with Crippen LogP contribution >= 0.6 is 0 Å². The highest BCUT2D eigenvalue weighted by molar-refractivity contribution is 5.94. The van der Waals surface area contributed by atoms with Crippen LogP contribution in [0.1, 0.15) is 42.0 Å². The smallest absolute Gasteiger partial charge is 0.139 e. The van der Waals surface area contributed by atoms with Crippen molar-refractivity contribution in [2.45, 2.75) is 33.6 Å². The Kier molecular flexibility index (Phi) is 3.13. The highest BCUT2D eigenvalue weighted by atomic mass is 19.1. The Morgan fingerprint density at radius 1 is 1.17 bits per heavy atom. The first-order valence-electron chi connectivity index (χ1n) is 6.15. The molecule has 0 amide bonds. The second-order valence-corrected chi connectivity index (χ2v) is 5.13. The van der Waals surface area contributed by atoms with Gasteiger partial charge in [-0.25, -0.2) is 4.39 Å². The molecule has 0 aliphatic heterocycles. The molecule has 0 aromatic heterocycles. The molecule has 0 fully saturated rings. The van der Waals surface area contributed by atoms with Gasteiger partial charge in [0.15, 0.2) is 0 Å². The molecule has 0 heterocycles. The molecule has 1 heteroatoms. The average molecular weight is 240 g/mol. The Balaban J connectivity index is 3.06. The lowest BCUT2D eigenvalue weighted by molar-refractivity contribution is 0.625. The Labute approximate surface area is 108 Å². The standard InChI is InChI=1S/C17H17F/c1-6-13-16(18)9-12(5)15-8-11(4)7-14(10(2)3)17(13)15/h1,7-10H,2-5H3. The van der Waals surface area contributed by atoms with E-state index in [-0.39, 0.29) is 5.82 Å². The number of hydrogen-bond acceptors (Lipinski definition) is 0. The van der Waals surface area contributed by atoms with E-state index < -0.39 is 0 Å². The third-order valence-corrected chi connectivity index (χ3v) is 3.34. The first-order chi connectivity index (χ1) is 8.45. The zero-order valence-corrected chi connectivity index (χ0v) is 11.3. The van der Waals surface area contributed by atoms with Crippen molar-refractivity contribution in [3.05, 3.63) is 46.3 Å². The molecule has 2 aromatic rings. The van der Waals surface area contributed by atoms with E-state index in [2.05, 4.69) is 38.8 Å². The van der Waals surface area contributed by atoms with Gasteiger partial charge < -0.3 is 0 Å². The van der Waals surface area contributed by atoms with E-state index in [9.17, 15) is 4.39 Å². The highest BCUT2D eigenvalue weighted by Crippen LogP contribution is 2.33. The van der Waals surface area contributed by atoms with Crippen LogP contribution in [0.5, 0.6) is 0 Å². The Morgan fingerprint density at radius 2 is 1.83 bits per heavy atom. The van der Waals surface area contributed by atoms with Crippen LogP contribution in [0, 0.1) is 32.0 Å². The minimum atomic E-state index is -0.298. The molecule has 0 aliphatic rings. The second-order valence-electron chi connectivity index (χ2n) is 5.13. The van der Waals surface area contributed by atoms with Crippen LogP contribution in [-0.2, 0) is 0 Å². The topological polar surface area (TPSA) is 0 Å². The molecule has 2 aromatic carbocycles. The van der Waals surface area contributed by atoms with Gasteiger partial charge in [-0.3, -0.25) is 0 Å². The summed E-state index contributed by atoms with van der Waals surface area (Å²) in [5.74, 6) is 2.53. The SMILES string of the molecule is C#Cc1c(F)cc(C)c2cc(C)cc(C(C)C)c12. The van der Waals surface area contributed by atoms with Gasteiger partial charge in [-0.1, -0.05) is 37.5 Å². The lowest BCUT2D eigenvalue weighted by atomic mass is 9.89. The average Bonchev–Trinajstić information content (AvgIpc) is 2.29. The number of benzene rings is 2. The number of halogens is 1. The predicted molar refractivity (Wildman–Crippen MR) is 75.4 cm³/mol. The molecular formula is C17H17F. The van der Waals surface area contributed by atoms with Crippen LogP contribution in [0.15, 0.2) is 18.2 Å². The van der Waals surface area contributed by atoms with Gasteiger partial charge in [0.05, 0.1) is 5.56 Å². The van der Waals surface area contributed by atoms with Crippen molar-refractivity contribution in [3.63, 3.8) is 0 Å². The molecule has 0 aliphatic carbocycles. The number of fused-ring (bicyclic) bond motifs is 1. The summed E-state index contributed by atoms with van der Waals surface area (Å²) < 4.78 is 14.0. The predicted octanol–water partition coefficient (Wildman–Crippen LogP) is 4.70. The van der Waals surface area contributed by atoms with Crippen molar-refractivity contribution in [1.82, 2.24) is 0 Å². The van der Waals surface area contributed by atoms with Crippen LogP contribution < -0.4 is 0 Å². The molecule has 0 N–H and O–H groups in total. The minimum absolute atomic E-state index is 0.298. The maximum Gasteiger partial charge on any atom is 0.139 e. The van der Waals surface area contributed by atoms with Gasteiger partial charge >= 0.3 is 0 Å². The summed E-state index contributed by atoms with van der Waals surface area (Å²) in [6.07, 6.45) is 5.48. The van der Waals surface area contributed by atoms with Crippen LogP contribution in [0.25, 0.3) is 10.8 Å². The molecule has 0 atom stereocenters. The summed E-state index contributed by atoms with van der Waals surface area (Å²) in [7, 11) is 0. The fraction of sp³-hybridized carbons (Fsp3) is 0.294. The highest BCUT2D eigenvalue weighted by Gasteiger charge is 2.14. The zero-order chi connectivity index (χ0) is 13.4. The van der Waals surface area contributed by atoms with Crippen LogP contribution in [0.4, 0.5) is 4.39 Å². The molecule has 92 valence electrons. The molecular weight excluding hydrogens is 223 g/mol. The van der Waals surface area contributed by atoms with Gasteiger partial charge in [0.1, 0.15) is 5.82 Å². The van der Waals surface area contributed by atoms with Gasteiger partial charge in [-0.15, -0.1) is 6.42 Å². The molecule has 0 unspecified atom stereocenters. The second kappa shape index (κ2) is 4.46. The van der Waals surface area contributed by atoms with E-state index in [1.807, 2.05) is 6.92 Å². The first kappa shape index (κ1) is 12.6. The number of aryl methyl sites for hydroxylation is 2. The summed E-state index contributed by atoms with van der Waals surface area (Å²) in [5, 5.41) is 1.96. The third kappa shape index (κ3) is 1.88. The van der Waals surface area contributed by atoms with Crippen molar-refractivity contribution >= 4 is 10.8 Å². The quantitative estimate of drug-likeness (QED) is 0.634. The number of rotatable bonds is 1. The van der Waals surface area contributed by atoms with Crippen molar-refractivity contribution < 1.29 is 4.39 Å².